The maximum atomic E-state index is 12.7. The molecule has 3 rings (SSSR count). The van der Waals surface area contributed by atoms with E-state index in [1.807, 2.05) is 11.8 Å². The van der Waals surface area contributed by atoms with Crippen LogP contribution in [0.15, 0.2) is 47.4 Å². The summed E-state index contributed by atoms with van der Waals surface area (Å²) in [5.41, 5.74) is 1.98. The van der Waals surface area contributed by atoms with Crippen molar-refractivity contribution in [2.75, 3.05) is 57.6 Å². The molecule has 1 aliphatic rings. The number of carbonyl (C=O) groups excluding carboxylic acids is 1. The summed E-state index contributed by atoms with van der Waals surface area (Å²) in [7, 11) is 3.18. The second kappa shape index (κ2) is 12.1. The van der Waals surface area contributed by atoms with E-state index in [-0.39, 0.29) is 18.2 Å². The van der Waals surface area contributed by atoms with E-state index in [0.717, 1.165) is 31.9 Å². The summed E-state index contributed by atoms with van der Waals surface area (Å²) in [5.74, 6) is 2.47. The van der Waals surface area contributed by atoms with Crippen LogP contribution in [0.3, 0.4) is 0 Å². The summed E-state index contributed by atoms with van der Waals surface area (Å²) in [5, 5.41) is 0. The van der Waals surface area contributed by atoms with E-state index in [1.165, 1.54) is 17.0 Å². The van der Waals surface area contributed by atoms with Crippen molar-refractivity contribution in [1.82, 2.24) is 4.90 Å². The van der Waals surface area contributed by atoms with Crippen molar-refractivity contribution in [3.05, 3.63) is 48.0 Å². The zero-order valence-electron chi connectivity index (χ0n) is 17.9. The van der Waals surface area contributed by atoms with Gasteiger partial charge in [0, 0.05) is 36.6 Å². The number of hydrogen-bond acceptors (Lipinski definition) is 6. The van der Waals surface area contributed by atoms with Gasteiger partial charge in [-0.25, -0.2) is 0 Å². The molecule has 0 atom stereocenters. The van der Waals surface area contributed by atoms with E-state index >= 15 is 0 Å². The number of ether oxygens (including phenoxy) is 2. The van der Waals surface area contributed by atoms with Gasteiger partial charge in [-0.2, -0.15) is 0 Å². The SMILES string of the molecule is CCCSc1ccccc1N1CCN(CC(=O)c2ccc(OC)c(OC)c2)CC1.Cl. The molecule has 2 aromatic carbocycles. The Hall–Kier alpha value is -1.89. The van der Waals surface area contributed by atoms with Crippen LogP contribution < -0.4 is 14.4 Å². The third-order valence-corrected chi connectivity index (χ3v) is 6.38. The fourth-order valence-corrected chi connectivity index (χ4v) is 4.45. The zero-order chi connectivity index (χ0) is 20.6. The number of rotatable bonds is 9. The molecule has 7 heteroatoms. The Morgan fingerprint density at radius 3 is 2.37 bits per heavy atom. The third-order valence-electron chi connectivity index (χ3n) is 5.11. The monoisotopic (exact) mass is 450 g/mol. The highest BCUT2D eigenvalue weighted by Gasteiger charge is 2.22. The molecular weight excluding hydrogens is 420 g/mol. The van der Waals surface area contributed by atoms with E-state index in [4.69, 9.17) is 9.47 Å². The standard InChI is InChI=1S/C23H30N2O3S.ClH/c1-4-15-29-23-8-6-5-7-19(23)25-13-11-24(12-14-25)17-20(26)18-9-10-21(27-2)22(16-18)28-3;/h5-10,16H,4,11-15,17H2,1-3H3;1H. The van der Waals surface area contributed by atoms with Crippen LogP contribution in [-0.4, -0.2) is 63.4 Å². The Balaban J connectivity index is 0.00000320. The second-order valence-corrected chi connectivity index (χ2v) is 8.21. The van der Waals surface area contributed by atoms with E-state index in [9.17, 15) is 4.79 Å². The predicted molar refractivity (Wildman–Crippen MR) is 127 cm³/mol. The van der Waals surface area contributed by atoms with Crippen LogP contribution >= 0.6 is 24.2 Å². The number of piperazine rings is 1. The molecular formula is C23H31ClN2O3S. The van der Waals surface area contributed by atoms with Crippen molar-refractivity contribution in [2.24, 2.45) is 0 Å². The Bertz CT molecular complexity index is 826. The summed E-state index contributed by atoms with van der Waals surface area (Å²) < 4.78 is 10.6. The molecule has 1 heterocycles. The van der Waals surface area contributed by atoms with E-state index in [1.54, 1.807) is 32.4 Å². The summed E-state index contributed by atoms with van der Waals surface area (Å²) in [6.45, 7) is 6.27. The Labute approximate surface area is 190 Å². The largest absolute Gasteiger partial charge is 0.493 e. The van der Waals surface area contributed by atoms with Gasteiger partial charge >= 0.3 is 0 Å². The summed E-state index contributed by atoms with van der Waals surface area (Å²) in [6, 6.07) is 14.0. The predicted octanol–water partition coefficient (Wildman–Crippen LogP) is 4.63. The van der Waals surface area contributed by atoms with Crippen molar-refractivity contribution < 1.29 is 14.3 Å². The molecule has 0 saturated carbocycles. The molecule has 0 unspecified atom stereocenters. The quantitative estimate of drug-likeness (QED) is 0.409. The maximum Gasteiger partial charge on any atom is 0.176 e. The minimum absolute atomic E-state index is 0. The summed E-state index contributed by atoms with van der Waals surface area (Å²) >= 11 is 1.92. The number of methoxy groups -OCH3 is 2. The number of Topliss-reactive ketones (excluding diaryl/α,β-unsaturated/α-hetero) is 1. The van der Waals surface area contributed by atoms with Crippen LogP contribution in [0.1, 0.15) is 23.7 Å². The third kappa shape index (κ3) is 6.06. The fourth-order valence-electron chi connectivity index (χ4n) is 3.50. The van der Waals surface area contributed by atoms with E-state index in [0.29, 0.717) is 23.6 Å². The van der Waals surface area contributed by atoms with Crippen molar-refractivity contribution in [2.45, 2.75) is 18.2 Å². The maximum absolute atomic E-state index is 12.7. The Morgan fingerprint density at radius 1 is 1.00 bits per heavy atom. The van der Waals surface area contributed by atoms with Gasteiger partial charge in [-0.15, -0.1) is 24.2 Å². The first-order valence-corrected chi connectivity index (χ1v) is 11.1. The molecule has 5 nitrogen and oxygen atoms in total. The number of hydrogen-bond donors (Lipinski definition) is 0. The van der Waals surface area contributed by atoms with Gasteiger partial charge in [0.2, 0.25) is 0 Å². The van der Waals surface area contributed by atoms with Gasteiger partial charge in [-0.05, 0) is 42.5 Å². The topological polar surface area (TPSA) is 42.0 Å². The molecule has 1 aliphatic heterocycles. The summed E-state index contributed by atoms with van der Waals surface area (Å²) in [4.78, 5) is 18.8. The first kappa shape index (κ1) is 24.4. The van der Waals surface area contributed by atoms with Crippen LogP contribution in [-0.2, 0) is 0 Å². The highest BCUT2D eigenvalue weighted by Crippen LogP contribution is 2.31. The lowest BCUT2D eigenvalue weighted by Gasteiger charge is -2.36. The van der Waals surface area contributed by atoms with Crippen LogP contribution in [0, 0.1) is 0 Å². The molecule has 0 spiro atoms. The molecule has 0 radical (unpaired) electrons. The minimum atomic E-state index is 0. The number of anilines is 1. The van der Waals surface area contributed by atoms with Crippen LogP contribution in [0.25, 0.3) is 0 Å². The number of halogens is 1. The molecule has 0 aromatic heterocycles. The minimum Gasteiger partial charge on any atom is -0.493 e. The van der Waals surface area contributed by atoms with Gasteiger partial charge in [0.05, 0.1) is 26.5 Å². The number of para-hydroxylation sites is 1. The van der Waals surface area contributed by atoms with Crippen LogP contribution in [0.4, 0.5) is 5.69 Å². The van der Waals surface area contributed by atoms with Gasteiger partial charge in [-0.3, -0.25) is 9.69 Å². The van der Waals surface area contributed by atoms with Crippen molar-refractivity contribution >= 4 is 35.6 Å². The normalized spacial score (nSPS) is 14.2. The molecule has 0 bridgehead atoms. The van der Waals surface area contributed by atoms with Crippen molar-refractivity contribution in [1.29, 1.82) is 0 Å². The smallest absolute Gasteiger partial charge is 0.176 e. The molecule has 30 heavy (non-hydrogen) atoms. The molecule has 0 N–H and O–H groups in total. The molecule has 164 valence electrons. The lowest BCUT2D eigenvalue weighted by Crippen LogP contribution is -2.48. The van der Waals surface area contributed by atoms with Gasteiger partial charge in [0.15, 0.2) is 17.3 Å². The molecule has 1 fully saturated rings. The number of carbonyl (C=O) groups is 1. The Morgan fingerprint density at radius 2 is 1.70 bits per heavy atom. The van der Waals surface area contributed by atoms with Gasteiger partial charge in [0.1, 0.15) is 0 Å². The molecule has 0 aliphatic carbocycles. The summed E-state index contributed by atoms with van der Waals surface area (Å²) in [6.07, 6.45) is 1.17. The fraction of sp³-hybridized carbons (Fsp3) is 0.435. The Kier molecular flexibility index (Phi) is 9.82. The van der Waals surface area contributed by atoms with Crippen molar-refractivity contribution in [3.63, 3.8) is 0 Å². The second-order valence-electron chi connectivity index (χ2n) is 7.07. The number of thioether (sulfide) groups is 1. The van der Waals surface area contributed by atoms with Gasteiger partial charge in [-0.1, -0.05) is 19.1 Å². The molecule has 1 saturated heterocycles. The lowest BCUT2D eigenvalue weighted by molar-refractivity contribution is 0.0926. The van der Waals surface area contributed by atoms with Crippen molar-refractivity contribution in [3.8, 4) is 11.5 Å². The number of benzene rings is 2. The molecule has 2 aromatic rings. The highest BCUT2D eigenvalue weighted by atomic mass is 35.5. The van der Waals surface area contributed by atoms with Crippen LogP contribution in [0.5, 0.6) is 11.5 Å². The lowest BCUT2D eigenvalue weighted by atomic mass is 10.1. The van der Waals surface area contributed by atoms with E-state index < -0.39 is 0 Å². The highest BCUT2D eigenvalue weighted by molar-refractivity contribution is 7.99. The molecule has 0 amide bonds. The van der Waals surface area contributed by atoms with Gasteiger partial charge < -0.3 is 14.4 Å². The first-order chi connectivity index (χ1) is 14.2. The van der Waals surface area contributed by atoms with E-state index in [2.05, 4.69) is 41.0 Å². The zero-order valence-corrected chi connectivity index (χ0v) is 19.6. The average molecular weight is 451 g/mol. The van der Waals surface area contributed by atoms with Gasteiger partial charge in [0.25, 0.3) is 0 Å². The number of ketones is 1. The van der Waals surface area contributed by atoms with Crippen LogP contribution in [0.2, 0.25) is 0 Å². The number of nitrogens with zero attached hydrogens (tertiary/aromatic N) is 2. The average Bonchev–Trinajstić information content (AvgIpc) is 2.78. The first-order valence-electron chi connectivity index (χ1n) is 10.1.